The fraction of sp³-hybridized carbons (Fsp3) is 0.545. The van der Waals surface area contributed by atoms with Gasteiger partial charge in [-0.1, -0.05) is 0 Å². The molecule has 1 fully saturated rings. The summed E-state index contributed by atoms with van der Waals surface area (Å²) < 4.78 is 0. The highest BCUT2D eigenvalue weighted by Crippen LogP contribution is 2.00. The molecule has 0 unspecified atom stereocenters. The first-order chi connectivity index (χ1) is 7.34. The highest BCUT2D eigenvalue weighted by atomic mass is 16.1. The van der Waals surface area contributed by atoms with Crippen LogP contribution >= 0.6 is 0 Å². The fourth-order valence-electron chi connectivity index (χ4n) is 1.87. The minimum atomic E-state index is 0.302. The first-order valence-electron chi connectivity index (χ1n) is 5.41. The van der Waals surface area contributed by atoms with Gasteiger partial charge in [0, 0.05) is 45.0 Å². The van der Waals surface area contributed by atoms with Crippen molar-refractivity contribution in [1.82, 2.24) is 15.2 Å². The molecule has 0 bridgehead atoms. The van der Waals surface area contributed by atoms with Crippen LogP contribution in [0.4, 0.5) is 0 Å². The van der Waals surface area contributed by atoms with E-state index in [-0.39, 0.29) is 0 Å². The van der Waals surface area contributed by atoms with Crippen molar-refractivity contribution in [3.8, 4) is 0 Å². The van der Waals surface area contributed by atoms with Crippen molar-refractivity contribution in [1.29, 1.82) is 0 Å². The molecular formula is C11H17N3O. The predicted octanol–water partition coefficient (Wildman–Crippen LogP) is 0.0315. The molecule has 0 saturated carbocycles. The molecule has 1 aromatic rings. The van der Waals surface area contributed by atoms with Gasteiger partial charge in [0.15, 0.2) is 5.78 Å². The lowest BCUT2D eigenvalue weighted by Crippen LogP contribution is -2.45. The number of hydrogen-bond acceptors (Lipinski definition) is 3. The maximum Gasteiger partial charge on any atom is 0.151 e. The molecule has 0 spiro atoms. The van der Waals surface area contributed by atoms with Crippen LogP contribution in [0.15, 0.2) is 18.5 Å². The number of aromatic nitrogens is 1. The van der Waals surface area contributed by atoms with Gasteiger partial charge in [-0.15, -0.1) is 0 Å². The first kappa shape index (κ1) is 10.4. The molecule has 0 aliphatic carbocycles. The van der Waals surface area contributed by atoms with Gasteiger partial charge in [-0.3, -0.25) is 9.69 Å². The van der Waals surface area contributed by atoms with E-state index in [1.54, 1.807) is 0 Å². The second kappa shape index (κ2) is 5.09. The fourth-order valence-corrected chi connectivity index (χ4v) is 1.87. The number of rotatable bonds is 4. The molecule has 1 saturated heterocycles. The Kier molecular flexibility index (Phi) is 3.53. The number of aromatic amines is 1. The molecule has 15 heavy (non-hydrogen) atoms. The van der Waals surface area contributed by atoms with Crippen molar-refractivity contribution in [3.05, 3.63) is 24.0 Å². The number of piperazine rings is 1. The second-order valence-corrected chi connectivity index (χ2v) is 3.96. The number of nitrogens with one attached hydrogen (secondary N) is 2. The third-order valence-corrected chi connectivity index (χ3v) is 2.67. The smallest absolute Gasteiger partial charge is 0.151 e. The van der Waals surface area contributed by atoms with Crippen LogP contribution in [-0.2, 0) is 11.2 Å². The van der Waals surface area contributed by atoms with E-state index in [2.05, 4.69) is 15.2 Å². The molecule has 1 aliphatic rings. The van der Waals surface area contributed by atoms with E-state index < -0.39 is 0 Å². The summed E-state index contributed by atoms with van der Waals surface area (Å²) in [7, 11) is 0. The number of hydrogen-bond donors (Lipinski definition) is 2. The van der Waals surface area contributed by atoms with E-state index in [1.807, 2.05) is 18.5 Å². The molecule has 1 aliphatic heterocycles. The molecule has 0 aromatic carbocycles. The SMILES string of the molecule is O=C(Cc1cc[nH]c1)CN1CCNCC1. The van der Waals surface area contributed by atoms with E-state index in [1.165, 1.54) is 0 Å². The molecule has 1 aromatic heterocycles. The van der Waals surface area contributed by atoms with Crippen LogP contribution in [0.2, 0.25) is 0 Å². The Hall–Kier alpha value is -1.13. The first-order valence-corrected chi connectivity index (χ1v) is 5.41. The molecular weight excluding hydrogens is 190 g/mol. The van der Waals surface area contributed by atoms with Gasteiger partial charge in [-0.05, 0) is 11.6 Å². The standard InChI is InChI=1S/C11H17N3O/c15-11(7-10-1-2-13-8-10)9-14-5-3-12-4-6-14/h1-2,8,12-13H,3-7,9H2. The number of carbonyl (C=O) groups is 1. The van der Waals surface area contributed by atoms with Crippen molar-refractivity contribution in [2.45, 2.75) is 6.42 Å². The molecule has 0 atom stereocenters. The highest BCUT2D eigenvalue weighted by Gasteiger charge is 2.13. The number of H-pyrrole nitrogens is 1. The maximum atomic E-state index is 11.7. The van der Waals surface area contributed by atoms with Crippen molar-refractivity contribution in [2.75, 3.05) is 32.7 Å². The maximum absolute atomic E-state index is 11.7. The largest absolute Gasteiger partial charge is 0.367 e. The lowest BCUT2D eigenvalue weighted by atomic mass is 10.1. The van der Waals surface area contributed by atoms with Crippen molar-refractivity contribution in [2.24, 2.45) is 0 Å². The van der Waals surface area contributed by atoms with Gasteiger partial charge in [-0.25, -0.2) is 0 Å². The van der Waals surface area contributed by atoms with E-state index >= 15 is 0 Å². The summed E-state index contributed by atoms with van der Waals surface area (Å²) in [6.07, 6.45) is 4.29. The Morgan fingerprint density at radius 1 is 1.40 bits per heavy atom. The minimum Gasteiger partial charge on any atom is -0.367 e. The monoisotopic (exact) mass is 207 g/mol. The molecule has 82 valence electrons. The van der Waals surface area contributed by atoms with Gasteiger partial charge >= 0.3 is 0 Å². The summed E-state index contributed by atoms with van der Waals surface area (Å²) in [5.41, 5.74) is 1.08. The van der Waals surface area contributed by atoms with Gasteiger partial charge < -0.3 is 10.3 Å². The molecule has 2 N–H and O–H groups in total. The lowest BCUT2D eigenvalue weighted by Gasteiger charge is -2.26. The van der Waals surface area contributed by atoms with Crippen LogP contribution < -0.4 is 5.32 Å². The topological polar surface area (TPSA) is 48.1 Å². The second-order valence-electron chi connectivity index (χ2n) is 3.96. The zero-order valence-corrected chi connectivity index (χ0v) is 8.83. The average molecular weight is 207 g/mol. The molecule has 4 heteroatoms. The van der Waals surface area contributed by atoms with Crippen molar-refractivity contribution in [3.63, 3.8) is 0 Å². The lowest BCUT2D eigenvalue weighted by molar-refractivity contribution is -0.119. The number of carbonyl (C=O) groups excluding carboxylic acids is 1. The van der Waals surface area contributed by atoms with Gasteiger partial charge in [0.25, 0.3) is 0 Å². The molecule has 0 radical (unpaired) electrons. The van der Waals surface area contributed by atoms with Gasteiger partial charge in [0.2, 0.25) is 0 Å². The number of Topliss-reactive ketones (excluding diaryl/α,β-unsaturated/α-hetero) is 1. The van der Waals surface area contributed by atoms with Gasteiger partial charge in [0.05, 0.1) is 6.54 Å². The van der Waals surface area contributed by atoms with Crippen molar-refractivity contribution < 1.29 is 4.79 Å². The average Bonchev–Trinajstić information content (AvgIpc) is 2.71. The van der Waals surface area contributed by atoms with Crippen LogP contribution in [0.1, 0.15) is 5.56 Å². The summed E-state index contributed by atoms with van der Waals surface area (Å²) in [5, 5.41) is 3.28. The number of nitrogens with zero attached hydrogens (tertiary/aromatic N) is 1. The Morgan fingerprint density at radius 2 is 2.20 bits per heavy atom. The summed E-state index contributed by atoms with van der Waals surface area (Å²) in [6.45, 7) is 4.56. The van der Waals surface area contributed by atoms with E-state index in [0.717, 1.165) is 31.7 Å². The van der Waals surface area contributed by atoms with Crippen LogP contribution in [-0.4, -0.2) is 48.4 Å². The normalized spacial score (nSPS) is 17.9. The summed E-state index contributed by atoms with van der Waals surface area (Å²) in [4.78, 5) is 16.9. The van der Waals surface area contributed by atoms with Crippen LogP contribution in [0.25, 0.3) is 0 Å². The van der Waals surface area contributed by atoms with E-state index in [9.17, 15) is 4.79 Å². The Balaban J connectivity index is 1.76. The van der Waals surface area contributed by atoms with Crippen molar-refractivity contribution >= 4 is 5.78 Å². The Bertz CT molecular complexity index is 302. The third kappa shape index (κ3) is 3.18. The third-order valence-electron chi connectivity index (χ3n) is 2.67. The Labute approximate surface area is 89.7 Å². The summed E-state index contributed by atoms with van der Waals surface area (Å²) in [5.74, 6) is 0.302. The highest BCUT2D eigenvalue weighted by molar-refractivity contribution is 5.82. The zero-order chi connectivity index (χ0) is 10.5. The summed E-state index contributed by atoms with van der Waals surface area (Å²) >= 11 is 0. The van der Waals surface area contributed by atoms with E-state index in [0.29, 0.717) is 18.7 Å². The minimum absolute atomic E-state index is 0.302. The molecule has 4 nitrogen and oxygen atoms in total. The Morgan fingerprint density at radius 3 is 2.87 bits per heavy atom. The summed E-state index contributed by atoms with van der Waals surface area (Å²) in [6, 6.07) is 1.95. The van der Waals surface area contributed by atoms with Gasteiger partial charge in [0.1, 0.15) is 0 Å². The zero-order valence-electron chi connectivity index (χ0n) is 8.83. The predicted molar refractivity (Wildman–Crippen MR) is 58.8 cm³/mol. The van der Waals surface area contributed by atoms with E-state index in [4.69, 9.17) is 0 Å². The van der Waals surface area contributed by atoms with Gasteiger partial charge in [-0.2, -0.15) is 0 Å². The number of ketones is 1. The van der Waals surface area contributed by atoms with Crippen LogP contribution in [0.5, 0.6) is 0 Å². The van der Waals surface area contributed by atoms with Crippen LogP contribution in [0.3, 0.4) is 0 Å². The molecule has 2 heterocycles. The molecule has 2 rings (SSSR count). The quantitative estimate of drug-likeness (QED) is 0.732. The van der Waals surface area contributed by atoms with Crippen LogP contribution in [0, 0.1) is 0 Å². The molecule has 0 amide bonds.